The van der Waals surface area contributed by atoms with Crippen LogP contribution in [-0.4, -0.2) is 17.9 Å². The van der Waals surface area contributed by atoms with Gasteiger partial charge >= 0.3 is 0 Å². The molecule has 1 aliphatic rings. The largest absolute Gasteiger partial charge is 0.497 e. The summed E-state index contributed by atoms with van der Waals surface area (Å²) in [5.74, 6) is 0.843. The third-order valence-electron chi connectivity index (χ3n) is 3.31. The molecule has 19 heavy (non-hydrogen) atoms. The third kappa shape index (κ3) is 3.16. The Labute approximate surface area is 120 Å². The minimum atomic E-state index is -0.160. The smallest absolute Gasteiger partial charge is 0.189 e. The van der Waals surface area contributed by atoms with Crippen molar-refractivity contribution in [2.75, 3.05) is 12.1 Å². The Morgan fingerprint density at radius 3 is 2.58 bits per heavy atom. The zero-order valence-electron chi connectivity index (χ0n) is 11.7. The minimum Gasteiger partial charge on any atom is -0.497 e. The summed E-state index contributed by atoms with van der Waals surface area (Å²) in [6.07, 6.45) is 3.38. The summed E-state index contributed by atoms with van der Waals surface area (Å²) in [6, 6.07) is 7.85. The molecule has 4 nitrogen and oxygen atoms in total. The van der Waals surface area contributed by atoms with Crippen LogP contribution in [0.15, 0.2) is 24.3 Å². The van der Waals surface area contributed by atoms with Crippen LogP contribution in [0.4, 0.5) is 5.69 Å². The van der Waals surface area contributed by atoms with E-state index in [1.165, 1.54) is 6.42 Å². The Morgan fingerprint density at radius 1 is 1.32 bits per heavy atom. The number of hydrazine groups is 1. The number of nitrogens with one attached hydrogen (secondary N) is 2. The van der Waals surface area contributed by atoms with Gasteiger partial charge in [-0.15, -0.1) is 0 Å². The molecule has 0 spiro atoms. The lowest BCUT2D eigenvalue weighted by atomic mass is 10.1. The van der Waals surface area contributed by atoms with Gasteiger partial charge in [0, 0.05) is 0 Å². The molecular weight excluding hydrogens is 258 g/mol. The van der Waals surface area contributed by atoms with Crippen molar-refractivity contribution in [3.05, 3.63) is 24.3 Å². The normalized spacial score (nSPS) is 22.5. The van der Waals surface area contributed by atoms with Gasteiger partial charge in [0.2, 0.25) is 0 Å². The number of nitrogens with zero attached hydrogens (tertiary/aromatic N) is 1. The van der Waals surface area contributed by atoms with Crippen molar-refractivity contribution in [3.63, 3.8) is 0 Å². The zero-order valence-corrected chi connectivity index (χ0v) is 12.5. The predicted octanol–water partition coefficient (Wildman–Crippen LogP) is 2.80. The van der Waals surface area contributed by atoms with Crippen LogP contribution in [0.3, 0.4) is 0 Å². The highest BCUT2D eigenvalue weighted by Crippen LogP contribution is 2.24. The summed E-state index contributed by atoms with van der Waals surface area (Å²) in [7, 11) is 1.66. The highest BCUT2D eigenvalue weighted by atomic mass is 32.1. The van der Waals surface area contributed by atoms with Crippen LogP contribution < -0.4 is 20.5 Å². The van der Waals surface area contributed by atoms with E-state index in [1.807, 2.05) is 29.3 Å². The van der Waals surface area contributed by atoms with Crippen molar-refractivity contribution in [1.82, 2.24) is 10.7 Å². The van der Waals surface area contributed by atoms with Crippen LogP contribution in [-0.2, 0) is 0 Å². The lowest BCUT2D eigenvalue weighted by molar-refractivity contribution is 0.337. The van der Waals surface area contributed by atoms with Gasteiger partial charge in [0.15, 0.2) is 5.11 Å². The summed E-state index contributed by atoms with van der Waals surface area (Å²) in [6.45, 7) is 4.33. The first-order chi connectivity index (χ1) is 9.08. The van der Waals surface area contributed by atoms with E-state index in [1.54, 1.807) is 7.11 Å². The SMILES string of the molecule is CCCC[C@@]1(C)NC(=S)N(c2ccc(OC)cc2)N1. The number of anilines is 1. The fourth-order valence-corrected chi connectivity index (χ4v) is 2.56. The maximum Gasteiger partial charge on any atom is 0.189 e. The number of unbranched alkanes of at least 4 members (excludes halogenated alkanes) is 1. The fourth-order valence-electron chi connectivity index (χ4n) is 2.18. The molecule has 1 aromatic rings. The zero-order chi connectivity index (χ0) is 13.9. The molecular formula is C14H21N3OS. The Balaban J connectivity index is 2.10. The quantitative estimate of drug-likeness (QED) is 0.811. The average molecular weight is 279 g/mol. The number of rotatable bonds is 5. The van der Waals surface area contributed by atoms with Gasteiger partial charge in [0.1, 0.15) is 11.4 Å². The second kappa shape index (κ2) is 5.75. The molecule has 1 heterocycles. The molecule has 1 fully saturated rings. The van der Waals surface area contributed by atoms with Gasteiger partial charge in [0.25, 0.3) is 0 Å². The van der Waals surface area contributed by atoms with Crippen molar-refractivity contribution < 1.29 is 4.74 Å². The number of thiocarbonyl (C=S) groups is 1. The van der Waals surface area contributed by atoms with E-state index in [2.05, 4.69) is 24.6 Å². The maximum atomic E-state index is 5.40. The summed E-state index contributed by atoms with van der Waals surface area (Å²) in [5.41, 5.74) is 4.30. The Hall–Kier alpha value is -1.33. The van der Waals surface area contributed by atoms with Crippen LogP contribution >= 0.6 is 12.2 Å². The summed E-state index contributed by atoms with van der Waals surface area (Å²) in [4.78, 5) is 0. The van der Waals surface area contributed by atoms with E-state index >= 15 is 0 Å². The fraction of sp³-hybridized carbons (Fsp3) is 0.500. The third-order valence-corrected chi connectivity index (χ3v) is 3.59. The van der Waals surface area contributed by atoms with E-state index in [-0.39, 0.29) is 5.66 Å². The first-order valence-electron chi connectivity index (χ1n) is 6.62. The van der Waals surface area contributed by atoms with Crippen molar-refractivity contribution in [1.29, 1.82) is 0 Å². The lowest BCUT2D eigenvalue weighted by Crippen LogP contribution is -2.48. The molecule has 5 heteroatoms. The van der Waals surface area contributed by atoms with Crippen LogP contribution in [0.1, 0.15) is 33.1 Å². The summed E-state index contributed by atoms with van der Waals surface area (Å²) in [5, 5.41) is 5.99. The predicted molar refractivity (Wildman–Crippen MR) is 82.3 cm³/mol. The molecule has 1 atom stereocenters. The van der Waals surface area contributed by atoms with Crippen LogP contribution in [0.5, 0.6) is 5.75 Å². The Bertz CT molecular complexity index is 449. The lowest BCUT2D eigenvalue weighted by Gasteiger charge is -2.25. The Morgan fingerprint density at radius 2 is 2.00 bits per heavy atom. The van der Waals surface area contributed by atoms with E-state index in [0.29, 0.717) is 5.11 Å². The van der Waals surface area contributed by atoms with Gasteiger partial charge in [-0.25, -0.2) is 5.43 Å². The van der Waals surface area contributed by atoms with Crippen LogP contribution in [0, 0.1) is 0 Å². The first kappa shape index (κ1) is 14.1. The van der Waals surface area contributed by atoms with E-state index in [0.717, 1.165) is 24.3 Å². The molecule has 2 rings (SSSR count). The van der Waals surface area contributed by atoms with Crippen molar-refractivity contribution in [3.8, 4) is 5.75 Å². The average Bonchev–Trinajstić information content (AvgIpc) is 2.72. The molecule has 104 valence electrons. The Kier molecular flexibility index (Phi) is 4.27. The minimum absolute atomic E-state index is 0.160. The van der Waals surface area contributed by atoms with Crippen molar-refractivity contribution in [2.45, 2.75) is 38.8 Å². The number of hydrogen-bond donors (Lipinski definition) is 2. The number of hydrogen-bond acceptors (Lipinski definition) is 3. The molecule has 0 radical (unpaired) electrons. The highest BCUT2D eigenvalue weighted by molar-refractivity contribution is 7.80. The van der Waals surface area contributed by atoms with Crippen LogP contribution in [0.2, 0.25) is 0 Å². The van der Waals surface area contributed by atoms with E-state index in [4.69, 9.17) is 17.0 Å². The van der Waals surface area contributed by atoms with Crippen molar-refractivity contribution >= 4 is 23.0 Å². The van der Waals surface area contributed by atoms with Gasteiger partial charge in [0.05, 0.1) is 12.8 Å². The summed E-state index contributed by atoms with van der Waals surface area (Å²) < 4.78 is 5.17. The number of ether oxygens (including phenoxy) is 1. The molecule has 0 aliphatic carbocycles. The van der Waals surface area contributed by atoms with Gasteiger partial charge in [-0.3, -0.25) is 5.01 Å². The summed E-state index contributed by atoms with van der Waals surface area (Å²) >= 11 is 5.40. The van der Waals surface area contributed by atoms with E-state index < -0.39 is 0 Å². The van der Waals surface area contributed by atoms with Crippen molar-refractivity contribution in [2.24, 2.45) is 0 Å². The van der Waals surface area contributed by atoms with E-state index in [9.17, 15) is 0 Å². The standard InChI is InChI=1S/C14H21N3OS/c1-4-5-10-14(2)15-13(19)17(16-14)11-6-8-12(18-3)9-7-11/h6-9,16H,4-5,10H2,1-3H3,(H,15,19)/t14-/m0/s1. The molecule has 1 aliphatic heterocycles. The maximum absolute atomic E-state index is 5.40. The molecule has 1 saturated heterocycles. The first-order valence-corrected chi connectivity index (χ1v) is 7.03. The molecule has 2 N–H and O–H groups in total. The monoisotopic (exact) mass is 279 g/mol. The topological polar surface area (TPSA) is 36.5 Å². The molecule has 0 aromatic heterocycles. The van der Waals surface area contributed by atoms with Gasteiger partial charge in [-0.05, 0) is 56.2 Å². The highest BCUT2D eigenvalue weighted by Gasteiger charge is 2.35. The number of methoxy groups -OCH3 is 1. The molecule has 0 amide bonds. The van der Waals surface area contributed by atoms with Crippen LogP contribution in [0.25, 0.3) is 0 Å². The van der Waals surface area contributed by atoms with Gasteiger partial charge in [-0.2, -0.15) is 0 Å². The number of benzene rings is 1. The van der Waals surface area contributed by atoms with Gasteiger partial charge < -0.3 is 10.1 Å². The molecule has 0 unspecified atom stereocenters. The molecule has 1 aromatic carbocycles. The second-order valence-corrected chi connectivity index (χ2v) is 5.40. The molecule has 0 saturated carbocycles. The van der Waals surface area contributed by atoms with Gasteiger partial charge in [-0.1, -0.05) is 13.3 Å². The second-order valence-electron chi connectivity index (χ2n) is 5.01. The molecule has 0 bridgehead atoms.